The lowest BCUT2D eigenvalue weighted by molar-refractivity contribution is -0.116. The molecule has 4 N–H and O–H groups in total. The Hall–Kier alpha value is -2.41. The van der Waals surface area contributed by atoms with Gasteiger partial charge in [0.25, 0.3) is 0 Å². The third-order valence-electron chi connectivity index (χ3n) is 3.05. The van der Waals surface area contributed by atoms with Gasteiger partial charge in [-0.05, 0) is 31.7 Å². The Balaban J connectivity index is 2.16. The van der Waals surface area contributed by atoms with E-state index >= 15 is 0 Å². The molecular weight excluding hydrogens is 272 g/mol. The Morgan fingerprint density at radius 3 is 2.52 bits per heavy atom. The molecule has 112 valence electrons. The van der Waals surface area contributed by atoms with Crippen molar-refractivity contribution in [2.75, 3.05) is 11.9 Å². The highest BCUT2D eigenvalue weighted by Gasteiger charge is 2.09. The van der Waals surface area contributed by atoms with Crippen LogP contribution in [-0.2, 0) is 4.79 Å². The SMILES string of the molecule is CCNC(C)CC(=O)Nc1ccc2[nH]c(=O)c(=O)[nH]c2c1. The number of nitrogens with one attached hydrogen (secondary N) is 4. The highest BCUT2D eigenvalue weighted by Crippen LogP contribution is 2.14. The van der Waals surface area contributed by atoms with Crippen molar-refractivity contribution >= 4 is 22.6 Å². The Bertz CT molecular complexity index is 763. The molecule has 2 aromatic rings. The number of hydrogen-bond donors (Lipinski definition) is 4. The summed E-state index contributed by atoms with van der Waals surface area (Å²) in [7, 11) is 0. The summed E-state index contributed by atoms with van der Waals surface area (Å²) in [6.45, 7) is 4.72. The van der Waals surface area contributed by atoms with Crippen LogP contribution in [0.15, 0.2) is 27.8 Å². The van der Waals surface area contributed by atoms with Crippen LogP contribution in [0.4, 0.5) is 5.69 Å². The van der Waals surface area contributed by atoms with Crippen molar-refractivity contribution in [2.45, 2.75) is 26.3 Å². The average Bonchev–Trinajstić information content (AvgIpc) is 2.40. The van der Waals surface area contributed by atoms with Crippen molar-refractivity contribution in [3.63, 3.8) is 0 Å². The zero-order chi connectivity index (χ0) is 15.4. The number of carbonyl (C=O) groups is 1. The first-order valence-electron chi connectivity index (χ1n) is 6.79. The molecule has 1 atom stereocenters. The fourth-order valence-electron chi connectivity index (χ4n) is 2.10. The molecule has 0 aliphatic heterocycles. The van der Waals surface area contributed by atoms with Gasteiger partial charge < -0.3 is 20.6 Å². The van der Waals surface area contributed by atoms with Crippen molar-refractivity contribution in [1.82, 2.24) is 15.3 Å². The molecule has 0 radical (unpaired) electrons. The van der Waals surface area contributed by atoms with Gasteiger partial charge in [-0.25, -0.2) is 0 Å². The minimum Gasteiger partial charge on any atom is -0.326 e. The minimum absolute atomic E-state index is 0.0895. The minimum atomic E-state index is -0.716. The predicted molar refractivity (Wildman–Crippen MR) is 81.6 cm³/mol. The molecule has 7 nitrogen and oxygen atoms in total. The first kappa shape index (κ1) is 15.0. The number of fused-ring (bicyclic) bond motifs is 1. The Kier molecular flexibility index (Phi) is 4.54. The monoisotopic (exact) mass is 290 g/mol. The number of H-pyrrole nitrogens is 2. The first-order chi connectivity index (χ1) is 9.99. The molecule has 0 aliphatic rings. The van der Waals surface area contributed by atoms with Gasteiger partial charge in [-0.3, -0.25) is 14.4 Å². The van der Waals surface area contributed by atoms with Crippen LogP contribution in [0.25, 0.3) is 11.0 Å². The van der Waals surface area contributed by atoms with Crippen molar-refractivity contribution < 1.29 is 4.79 Å². The standard InChI is InChI=1S/C14H18N4O3/c1-3-15-8(2)6-12(19)16-9-4-5-10-11(7-9)18-14(21)13(20)17-10/h4-5,7-8,15H,3,6H2,1-2H3,(H,16,19)(H,17,20)(H,18,21). The van der Waals surface area contributed by atoms with E-state index in [4.69, 9.17) is 0 Å². The molecule has 2 rings (SSSR count). The molecule has 0 saturated heterocycles. The third kappa shape index (κ3) is 3.79. The molecule has 1 heterocycles. The number of aromatic amines is 2. The summed E-state index contributed by atoms with van der Waals surface area (Å²) in [5.41, 5.74) is 0.139. The highest BCUT2D eigenvalue weighted by molar-refractivity contribution is 5.93. The zero-order valence-electron chi connectivity index (χ0n) is 11.9. The van der Waals surface area contributed by atoms with Crippen LogP contribution in [0.1, 0.15) is 20.3 Å². The van der Waals surface area contributed by atoms with Gasteiger partial charge in [0.1, 0.15) is 0 Å². The highest BCUT2D eigenvalue weighted by atomic mass is 16.2. The van der Waals surface area contributed by atoms with Crippen LogP contribution < -0.4 is 21.8 Å². The molecule has 1 unspecified atom stereocenters. The van der Waals surface area contributed by atoms with Gasteiger partial charge in [0.15, 0.2) is 0 Å². The van der Waals surface area contributed by atoms with Crippen molar-refractivity contribution in [1.29, 1.82) is 0 Å². The Labute approximate surface area is 120 Å². The summed E-state index contributed by atoms with van der Waals surface area (Å²) in [6.07, 6.45) is 0.355. The van der Waals surface area contributed by atoms with Crippen LogP contribution in [0, 0.1) is 0 Å². The van der Waals surface area contributed by atoms with Crippen LogP contribution in [0.2, 0.25) is 0 Å². The number of carbonyl (C=O) groups excluding carboxylic acids is 1. The number of rotatable bonds is 5. The molecule has 1 amide bonds. The van der Waals surface area contributed by atoms with Gasteiger partial charge in [0, 0.05) is 18.2 Å². The fourth-order valence-corrected chi connectivity index (χ4v) is 2.10. The summed E-state index contributed by atoms with van der Waals surface area (Å²) >= 11 is 0. The lowest BCUT2D eigenvalue weighted by Gasteiger charge is -2.12. The fraction of sp³-hybridized carbons (Fsp3) is 0.357. The maximum Gasteiger partial charge on any atom is 0.314 e. The zero-order valence-corrected chi connectivity index (χ0v) is 11.9. The average molecular weight is 290 g/mol. The predicted octanol–water partition coefficient (Wildman–Crippen LogP) is 0.543. The van der Waals surface area contributed by atoms with Gasteiger partial charge in [-0.15, -0.1) is 0 Å². The molecule has 0 spiro atoms. The molecule has 0 fully saturated rings. The summed E-state index contributed by atoms with van der Waals surface area (Å²) in [5, 5.41) is 5.92. The van der Waals surface area contributed by atoms with E-state index in [1.54, 1.807) is 18.2 Å². The van der Waals surface area contributed by atoms with Gasteiger partial charge in [-0.2, -0.15) is 0 Å². The number of amides is 1. The molecule has 1 aromatic carbocycles. The van der Waals surface area contributed by atoms with E-state index in [0.29, 0.717) is 23.1 Å². The van der Waals surface area contributed by atoms with Gasteiger partial charge in [0.05, 0.1) is 11.0 Å². The van der Waals surface area contributed by atoms with E-state index in [0.717, 1.165) is 6.54 Å². The van der Waals surface area contributed by atoms with Gasteiger partial charge >= 0.3 is 11.1 Å². The summed E-state index contributed by atoms with van der Waals surface area (Å²) in [5.74, 6) is -0.116. The van der Waals surface area contributed by atoms with Gasteiger partial charge in [-0.1, -0.05) is 6.92 Å². The van der Waals surface area contributed by atoms with Crippen molar-refractivity contribution in [2.24, 2.45) is 0 Å². The lowest BCUT2D eigenvalue weighted by Crippen LogP contribution is -2.30. The van der Waals surface area contributed by atoms with Crippen molar-refractivity contribution in [3.05, 3.63) is 38.9 Å². The largest absolute Gasteiger partial charge is 0.326 e. The van der Waals surface area contributed by atoms with E-state index in [-0.39, 0.29) is 11.9 Å². The van der Waals surface area contributed by atoms with Crippen LogP contribution in [0.5, 0.6) is 0 Å². The summed E-state index contributed by atoms with van der Waals surface area (Å²) < 4.78 is 0. The molecule has 0 bridgehead atoms. The molecule has 0 aliphatic carbocycles. The lowest BCUT2D eigenvalue weighted by atomic mass is 10.2. The summed E-state index contributed by atoms with van der Waals surface area (Å²) in [4.78, 5) is 39.3. The second kappa shape index (κ2) is 6.36. The quantitative estimate of drug-likeness (QED) is 0.603. The normalized spacial score (nSPS) is 12.3. The molecule has 7 heteroatoms. The Morgan fingerprint density at radius 1 is 1.19 bits per heavy atom. The van der Waals surface area contributed by atoms with Gasteiger partial charge in [0.2, 0.25) is 5.91 Å². The topological polar surface area (TPSA) is 107 Å². The molecule has 21 heavy (non-hydrogen) atoms. The van der Waals surface area contributed by atoms with Crippen LogP contribution in [0.3, 0.4) is 0 Å². The second-order valence-corrected chi connectivity index (χ2v) is 4.88. The number of aromatic nitrogens is 2. The van der Waals surface area contributed by atoms with Crippen molar-refractivity contribution in [3.8, 4) is 0 Å². The molecule has 1 aromatic heterocycles. The molecule has 0 saturated carbocycles. The maximum absolute atomic E-state index is 11.9. The van der Waals surface area contributed by atoms with E-state index in [1.165, 1.54) is 0 Å². The summed E-state index contributed by atoms with van der Waals surface area (Å²) in [6, 6.07) is 5.01. The Morgan fingerprint density at radius 2 is 1.86 bits per heavy atom. The van der Waals surface area contributed by atoms with E-state index in [1.807, 2.05) is 13.8 Å². The van der Waals surface area contributed by atoms with Crippen LogP contribution in [-0.4, -0.2) is 28.5 Å². The van der Waals surface area contributed by atoms with Crippen LogP contribution >= 0.6 is 0 Å². The molecular formula is C14H18N4O3. The first-order valence-corrected chi connectivity index (χ1v) is 6.79. The van der Waals surface area contributed by atoms with E-state index < -0.39 is 11.1 Å². The number of hydrogen-bond acceptors (Lipinski definition) is 4. The third-order valence-corrected chi connectivity index (χ3v) is 3.05. The van der Waals surface area contributed by atoms with E-state index in [2.05, 4.69) is 20.6 Å². The smallest absolute Gasteiger partial charge is 0.314 e. The number of benzene rings is 1. The number of anilines is 1. The second-order valence-electron chi connectivity index (χ2n) is 4.88. The van der Waals surface area contributed by atoms with E-state index in [9.17, 15) is 14.4 Å². The maximum atomic E-state index is 11.9.